The van der Waals surface area contributed by atoms with E-state index in [0.717, 1.165) is 31.6 Å². The first kappa shape index (κ1) is 11.9. The highest BCUT2D eigenvalue weighted by Gasteiger charge is 2.21. The number of amides is 1. The van der Waals surface area contributed by atoms with Crippen LogP contribution in [0.15, 0.2) is 18.9 Å². The molecule has 0 aromatic carbocycles. The van der Waals surface area contributed by atoms with E-state index < -0.39 is 0 Å². The Morgan fingerprint density at radius 3 is 3.24 bits per heavy atom. The smallest absolute Gasteiger partial charge is 0.245 e. The fourth-order valence-electron chi connectivity index (χ4n) is 2.44. The predicted molar refractivity (Wildman–Crippen MR) is 66.6 cm³/mol. The molecule has 0 spiro atoms. The molecular weight excluding hydrogens is 214 g/mol. The Kier molecular flexibility index (Phi) is 3.31. The van der Waals surface area contributed by atoms with Crippen molar-refractivity contribution in [2.45, 2.75) is 26.3 Å². The van der Waals surface area contributed by atoms with E-state index >= 15 is 0 Å². The van der Waals surface area contributed by atoms with E-state index in [1.165, 1.54) is 11.9 Å². The van der Waals surface area contributed by atoms with Gasteiger partial charge in [0.15, 0.2) is 0 Å². The topological polar surface area (TPSA) is 38.1 Å². The molecule has 1 aromatic heterocycles. The van der Waals surface area contributed by atoms with E-state index in [1.54, 1.807) is 4.90 Å². The number of carbonyl (C=O) groups is 1. The molecule has 0 saturated carbocycles. The van der Waals surface area contributed by atoms with E-state index in [4.69, 9.17) is 0 Å². The Hall–Kier alpha value is -1.58. The fraction of sp³-hybridized carbons (Fsp3) is 0.538. The molecule has 0 saturated heterocycles. The summed E-state index contributed by atoms with van der Waals surface area (Å²) in [7, 11) is 1.83. The second-order valence-electron chi connectivity index (χ2n) is 4.78. The van der Waals surface area contributed by atoms with Gasteiger partial charge in [0.2, 0.25) is 5.91 Å². The first-order chi connectivity index (χ1) is 8.10. The van der Waals surface area contributed by atoms with Gasteiger partial charge in [-0.05, 0) is 25.3 Å². The molecule has 0 radical (unpaired) electrons. The highest BCUT2D eigenvalue weighted by Crippen LogP contribution is 2.20. The molecule has 2 rings (SSSR count). The van der Waals surface area contributed by atoms with Gasteiger partial charge >= 0.3 is 0 Å². The number of carbonyl (C=O) groups excluding carboxylic acids is 1. The van der Waals surface area contributed by atoms with Crippen molar-refractivity contribution in [3.8, 4) is 0 Å². The molecule has 4 nitrogen and oxygen atoms in total. The van der Waals surface area contributed by atoms with E-state index in [2.05, 4.69) is 22.3 Å². The predicted octanol–water partition coefficient (Wildman–Crippen LogP) is 1.40. The number of aryl methyl sites for hydroxylation is 2. The molecule has 1 unspecified atom stereocenters. The Morgan fingerprint density at radius 1 is 1.76 bits per heavy atom. The SMILES string of the molecule is C=CC(=O)N(C)CC1CCc2nc(C)cn2C1. The van der Waals surface area contributed by atoms with Gasteiger partial charge in [0.1, 0.15) is 5.82 Å². The first-order valence-corrected chi connectivity index (χ1v) is 6.00. The van der Waals surface area contributed by atoms with E-state index in [0.29, 0.717) is 5.92 Å². The van der Waals surface area contributed by atoms with Gasteiger partial charge in [-0.3, -0.25) is 4.79 Å². The van der Waals surface area contributed by atoms with Crippen LogP contribution in [0.4, 0.5) is 0 Å². The molecule has 0 bridgehead atoms. The zero-order valence-electron chi connectivity index (χ0n) is 10.5. The number of hydrogen-bond donors (Lipinski definition) is 0. The van der Waals surface area contributed by atoms with E-state index in [-0.39, 0.29) is 5.91 Å². The average Bonchev–Trinajstić information content (AvgIpc) is 2.67. The molecule has 1 aromatic rings. The van der Waals surface area contributed by atoms with Crippen molar-refractivity contribution in [3.63, 3.8) is 0 Å². The van der Waals surface area contributed by atoms with Crippen LogP contribution in [0.3, 0.4) is 0 Å². The highest BCUT2D eigenvalue weighted by atomic mass is 16.2. The molecule has 92 valence electrons. The zero-order chi connectivity index (χ0) is 12.4. The summed E-state index contributed by atoms with van der Waals surface area (Å²) in [4.78, 5) is 17.6. The quantitative estimate of drug-likeness (QED) is 0.740. The average molecular weight is 233 g/mol. The lowest BCUT2D eigenvalue weighted by molar-refractivity contribution is -0.125. The standard InChI is InChI=1S/C13H19N3O/c1-4-13(17)15(3)8-11-5-6-12-14-10(2)7-16(12)9-11/h4,7,11H,1,5-6,8-9H2,2-3H3. The molecule has 1 aliphatic rings. The van der Waals surface area contributed by atoms with Gasteiger partial charge in [0.25, 0.3) is 0 Å². The third-order valence-corrected chi connectivity index (χ3v) is 3.29. The largest absolute Gasteiger partial charge is 0.342 e. The molecule has 4 heteroatoms. The highest BCUT2D eigenvalue weighted by molar-refractivity contribution is 5.86. The number of likely N-dealkylation sites (N-methyl/N-ethyl adjacent to an activating group) is 1. The van der Waals surface area contributed by atoms with Crippen molar-refractivity contribution in [3.05, 3.63) is 30.4 Å². The maximum Gasteiger partial charge on any atom is 0.245 e. The molecule has 17 heavy (non-hydrogen) atoms. The lowest BCUT2D eigenvalue weighted by Crippen LogP contribution is -2.34. The van der Waals surface area contributed by atoms with Crippen LogP contribution in [0.25, 0.3) is 0 Å². The monoisotopic (exact) mass is 233 g/mol. The summed E-state index contributed by atoms with van der Waals surface area (Å²) in [5.74, 6) is 1.69. The summed E-state index contributed by atoms with van der Waals surface area (Å²) < 4.78 is 2.22. The van der Waals surface area contributed by atoms with Crippen LogP contribution in [0.1, 0.15) is 17.9 Å². The third kappa shape index (κ3) is 2.57. The first-order valence-electron chi connectivity index (χ1n) is 6.00. The summed E-state index contributed by atoms with van der Waals surface area (Å²) >= 11 is 0. The molecule has 1 amide bonds. The van der Waals surface area contributed by atoms with Crippen molar-refractivity contribution in [1.82, 2.24) is 14.5 Å². The second kappa shape index (κ2) is 4.73. The van der Waals surface area contributed by atoms with Crippen LogP contribution < -0.4 is 0 Å². The molecular formula is C13H19N3O. The Balaban J connectivity index is 1.98. The van der Waals surface area contributed by atoms with Gasteiger partial charge in [-0.1, -0.05) is 6.58 Å². The van der Waals surface area contributed by atoms with Crippen LogP contribution in [0.2, 0.25) is 0 Å². The van der Waals surface area contributed by atoms with E-state index in [9.17, 15) is 4.79 Å². The molecule has 0 N–H and O–H groups in total. The summed E-state index contributed by atoms with van der Waals surface area (Å²) in [6.07, 6.45) is 5.58. The minimum absolute atomic E-state index is 0.00221. The molecule has 1 atom stereocenters. The molecule has 1 aliphatic heterocycles. The normalized spacial score (nSPS) is 18.6. The Bertz CT molecular complexity index is 436. The minimum Gasteiger partial charge on any atom is -0.342 e. The number of aromatic nitrogens is 2. The molecule has 2 heterocycles. The minimum atomic E-state index is -0.00221. The van der Waals surface area contributed by atoms with Gasteiger partial charge in [0, 0.05) is 32.8 Å². The van der Waals surface area contributed by atoms with Crippen molar-refractivity contribution in [2.24, 2.45) is 5.92 Å². The van der Waals surface area contributed by atoms with Crippen LogP contribution >= 0.6 is 0 Å². The summed E-state index contributed by atoms with van der Waals surface area (Å²) in [6.45, 7) is 7.29. The Morgan fingerprint density at radius 2 is 2.53 bits per heavy atom. The third-order valence-electron chi connectivity index (χ3n) is 3.29. The van der Waals surface area contributed by atoms with Crippen molar-refractivity contribution < 1.29 is 4.79 Å². The van der Waals surface area contributed by atoms with Crippen LogP contribution in [0, 0.1) is 12.8 Å². The van der Waals surface area contributed by atoms with Crippen molar-refractivity contribution in [2.75, 3.05) is 13.6 Å². The van der Waals surface area contributed by atoms with E-state index in [1.807, 2.05) is 14.0 Å². The van der Waals surface area contributed by atoms with Crippen molar-refractivity contribution >= 4 is 5.91 Å². The number of rotatable bonds is 3. The maximum atomic E-state index is 11.4. The fourth-order valence-corrected chi connectivity index (χ4v) is 2.44. The second-order valence-corrected chi connectivity index (χ2v) is 4.78. The van der Waals surface area contributed by atoms with Gasteiger partial charge < -0.3 is 9.47 Å². The molecule has 0 aliphatic carbocycles. The van der Waals surface area contributed by atoms with Gasteiger partial charge in [-0.25, -0.2) is 4.98 Å². The van der Waals surface area contributed by atoms with Crippen LogP contribution in [0.5, 0.6) is 0 Å². The number of hydrogen-bond acceptors (Lipinski definition) is 2. The maximum absolute atomic E-state index is 11.4. The number of imidazole rings is 1. The Labute approximate surface area is 102 Å². The summed E-state index contributed by atoms with van der Waals surface area (Å²) in [5, 5.41) is 0. The lowest BCUT2D eigenvalue weighted by atomic mass is 9.99. The van der Waals surface area contributed by atoms with Crippen molar-refractivity contribution in [1.29, 1.82) is 0 Å². The van der Waals surface area contributed by atoms with Gasteiger partial charge in [-0.15, -0.1) is 0 Å². The molecule has 0 fully saturated rings. The lowest BCUT2D eigenvalue weighted by Gasteiger charge is -2.27. The summed E-state index contributed by atoms with van der Waals surface area (Å²) in [6, 6.07) is 0. The van der Waals surface area contributed by atoms with Gasteiger partial charge in [-0.2, -0.15) is 0 Å². The van der Waals surface area contributed by atoms with Gasteiger partial charge in [0.05, 0.1) is 5.69 Å². The zero-order valence-corrected chi connectivity index (χ0v) is 10.5. The van der Waals surface area contributed by atoms with Crippen LogP contribution in [-0.4, -0.2) is 34.0 Å². The number of fused-ring (bicyclic) bond motifs is 1. The number of nitrogens with zero attached hydrogens (tertiary/aromatic N) is 3. The summed E-state index contributed by atoms with van der Waals surface area (Å²) in [5.41, 5.74) is 1.08. The van der Waals surface area contributed by atoms with Crippen LogP contribution in [-0.2, 0) is 17.8 Å².